The zero-order valence-electron chi connectivity index (χ0n) is 10.2. The van der Waals surface area contributed by atoms with E-state index >= 15 is 0 Å². The molecule has 8 nitrogen and oxygen atoms in total. The summed E-state index contributed by atoms with van der Waals surface area (Å²) in [5, 5.41) is 20.5. The van der Waals surface area contributed by atoms with Crippen LogP contribution in [0.15, 0.2) is 33.5 Å². The Balaban J connectivity index is 0.000000220. The highest BCUT2D eigenvalue weighted by Gasteiger charge is 2.09. The van der Waals surface area contributed by atoms with E-state index < -0.39 is 15.8 Å². The third-order valence-corrected chi connectivity index (χ3v) is 3.68. The number of nitrogens with zero attached hydrogens (tertiary/aromatic N) is 4. The number of hydrogen-bond donors (Lipinski definition) is 0. The molecular weight excluding hydrogens is 454 g/mol. The third-order valence-electron chi connectivity index (χ3n) is 1.99. The first-order chi connectivity index (χ1) is 10.2. The molecule has 0 saturated carbocycles. The van der Waals surface area contributed by atoms with Crippen LogP contribution in [0, 0.1) is 26.2 Å². The van der Waals surface area contributed by atoms with Gasteiger partial charge in [-0.2, -0.15) is 4.39 Å². The molecule has 0 bridgehead atoms. The number of hydrogen-bond acceptors (Lipinski definition) is 6. The Morgan fingerprint density at radius 1 is 1.00 bits per heavy atom. The van der Waals surface area contributed by atoms with Crippen LogP contribution >= 0.6 is 43.5 Å². The summed E-state index contributed by atoms with van der Waals surface area (Å²) >= 11 is 11.3. The fourth-order valence-electron chi connectivity index (χ4n) is 1.02. The highest BCUT2D eigenvalue weighted by atomic mass is 79.9. The van der Waals surface area contributed by atoms with Crippen molar-refractivity contribution < 1.29 is 14.2 Å². The van der Waals surface area contributed by atoms with E-state index in [0.717, 1.165) is 18.5 Å². The molecule has 2 rings (SSSR count). The molecule has 2 aromatic heterocycles. The van der Waals surface area contributed by atoms with Crippen LogP contribution in [0.5, 0.6) is 0 Å². The van der Waals surface area contributed by atoms with Crippen LogP contribution in [0.2, 0.25) is 5.15 Å². The van der Waals surface area contributed by atoms with Gasteiger partial charge in [0.1, 0.15) is 17.5 Å². The maximum Gasteiger partial charge on any atom is 0.288 e. The minimum Gasteiger partial charge on any atom is -0.258 e. The summed E-state index contributed by atoms with van der Waals surface area (Å²) in [4.78, 5) is 25.8. The van der Waals surface area contributed by atoms with Crippen molar-refractivity contribution in [3.05, 3.63) is 64.8 Å². The van der Waals surface area contributed by atoms with Crippen molar-refractivity contribution in [3.8, 4) is 0 Å². The largest absolute Gasteiger partial charge is 0.288 e. The lowest BCUT2D eigenvalue weighted by molar-refractivity contribution is -0.385. The number of pyridine rings is 2. The van der Waals surface area contributed by atoms with Gasteiger partial charge in [0.15, 0.2) is 0 Å². The number of halogens is 4. The Labute approximate surface area is 143 Å². The lowest BCUT2D eigenvalue weighted by Gasteiger charge is -1.92. The van der Waals surface area contributed by atoms with Crippen LogP contribution in [0.3, 0.4) is 0 Å². The number of nitro groups is 2. The summed E-state index contributed by atoms with van der Waals surface area (Å²) in [6, 6.07) is 2.36. The fourth-order valence-corrected chi connectivity index (χ4v) is 1.80. The monoisotopic (exact) mass is 456 g/mol. The smallest absolute Gasteiger partial charge is 0.258 e. The number of aromatic nitrogens is 2. The molecule has 22 heavy (non-hydrogen) atoms. The molecule has 0 aromatic carbocycles. The molecule has 0 fully saturated rings. The van der Waals surface area contributed by atoms with E-state index in [9.17, 15) is 24.6 Å². The number of rotatable bonds is 2. The van der Waals surface area contributed by atoms with Crippen molar-refractivity contribution in [3.63, 3.8) is 0 Å². The second-order valence-electron chi connectivity index (χ2n) is 3.45. The second-order valence-corrected chi connectivity index (χ2v) is 5.51. The van der Waals surface area contributed by atoms with Crippen LogP contribution in [0.4, 0.5) is 15.8 Å². The minimum atomic E-state index is -0.754. The molecule has 0 saturated heterocycles. The van der Waals surface area contributed by atoms with E-state index in [-0.39, 0.29) is 21.0 Å². The quantitative estimate of drug-likeness (QED) is 0.377. The summed E-state index contributed by atoms with van der Waals surface area (Å²) in [7, 11) is 0. The fraction of sp³-hybridized carbons (Fsp3) is 0. The molecule has 0 aliphatic heterocycles. The van der Waals surface area contributed by atoms with Crippen molar-refractivity contribution in [2.24, 2.45) is 0 Å². The topological polar surface area (TPSA) is 112 Å². The Morgan fingerprint density at radius 2 is 1.45 bits per heavy atom. The molecule has 2 heterocycles. The zero-order valence-corrected chi connectivity index (χ0v) is 14.2. The van der Waals surface area contributed by atoms with Gasteiger partial charge < -0.3 is 0 Å². The second kappa shape index (κ2) is 8.06. The van der Waals surface area contributed by atoms with Crippen LogP contribution in [-0.2, 0) is 0 Å². The van der Waals surface area contributed by atoms with Crippen molar-refractivity contribution in [1.29, 1.82) is 0 Å². The minimum absolute atomic E-state index is 0.00769. The average molecular weight is 458 g/mol. The molecule has 0 unspecified atom stereocenters. The standard InChI is InChI=1S/C5H2BrClN2O2.C5H2BrFN2O2/c2*6-4-1-3(9(10)11)2-8-5(4)7/h2*1-2H. The third kappa shape index (κ3) is 5.24. The Morgan fingerprint density at radius 3 is 1.86 bits per heavy atom. The van der Waals surface area contributed by atoms with Gasteiger partial charge in [0.05, 0.1) is 18.8 Å². The van der Waals surface area contributed by atoms with Crippen LogP contribution in [0.25, 0.3) is 0 Å². The Kier molecular flexibility index (Phi) is 6.71. The van der Waals surface area contributed by atoms with Gasteiger partial charge in [-0.25, -0.2) is 9.97 Å². The lowest BCUT2D eigenvalue weighted by atomic mass is 10.4. The molecular formula is C10H4Br2ClFN4O4. The molecule has 0 radical (unpaired) electrons. The van der Waals surface area contributed by atoms with E-state index in [4.69, 9.17) is 11.6 Å². The summed E-state index contributed by atoms with van der Waals surface area (Å²) < 4.78 is 12.8. The van der Waals surface area contributed by atoms with Gasteiger partial charge in [-0.15, -0.1) is 0 Å². The van der Waals surface area contributed by atoms with E-state index in [2.05, 4.69) is 41.8 Å². The summed E-state index contributed by atoms with van der Waals surface area (Å²) in [6.45, 7) is 0. The lowest BCUT2D eigenvalue weighted by Crippen LogP contribution is -1.91. The van der Waals surface area contributed by atoms with Gasteiger partial charge in [0, 0.05) is 12.1 Å². The van der Waals surface area contributed by atoms with Gasteiger partial charge in [0.25, 0.3) is 11.4 Å². The molecule has 0 aliphatic carbocycles. The van der Waals surface area contributed by atoms with Crippen molar-refractivity contribution in [1.82, 2.24) is 9.97 Å². The predicted molar refractivity (Wildman–Crippen MR) is 82.2 cm³/mol. The van der Waals surface area contributed by atoms with Crippen LogP contribution < -0.4 is 0 Å². The van der Waals surface area contributed by atoms with Gasteiger partial charge in [-0.05, 0) is 31.9 Å². The molecule has 0 aliphatic rings. The van der Waals surface area contributed by atoms with Crippen LogP contribution in [0.1, 0.15) is 0 Å². The molecule has 12 heteroatoms. The van der Waals surface area contributed by atoms with Crippen LogP contribution in [-0.4, -0.2) is 19.8 Å². The molecule has 0 amide bonds. The van der Waals surface area contributed by atoms with E-state index in [1.54, 1.807) is 0 Å². The Hall–Kier alpha value is -1.72. The summed E-state index contributed by atoms with van der Waals surface area (Å²) in [6.07, 6.45) is 1.97. The first-order valence-corrected chi connectivity index (χ1v) is 7.09. The normalized spacial score (nSPS) is 9.64. The van der Waals surface area contributed by atoms with Crippen molar-refractivity contribution in [2.75, 3.05) is 0 Å². The Bertz CT molecular complexity index is 673. The van der Waals surface area contributed by atoms with Gasteiger partial charge in [-0.3, -0.25) is 20.2 Å². The highest BCUT2D eigenvalue weighted by molar-refractivity contribution is 9.10. The first-order valence-electron chi connectivity index (χ1n) is 5.13. The molecule has 0 N–H and O–H groups in total. The van der Waals surface area contributed by atoms with E-state index in [0.29, 0.717) is 4.47 Å². The van der Waals surface area contributed by atoms with Crippen molar-refractivity contribution in [2.45, 2.75) is 0 Å². The molecule has 2 aromatic rings. The summed E-state index contributed by atoms with van der Waals surface area (Å²) in [5.74, 6) is -0.754. The van der Waals surface area contributed by atoms with Gasteiger partial charge in [-0.1, -0.05) is 11.6 Å². The van der Waals surface area contributed by atoms with Gasteiger partial charge >= 0.3 is 0 Å². The summed E-state index contributed by atoms with van der Waals surface area (Å²) in [5.41, 5.74) is -0.320. The maximum absolute atomic E-state index is 12.4. The predicted octanol–water partition coefficient (Wildman–Crippen LogP) is 4.30. The maximum atomic E-state index is 12.4. The first kappa shape index (κ1) is 18.3. The van der Waals surface area contributed by atoms with Crippen molar-refractivity contribution >= 4 is 54.8 Å². The van der Waals surface area contributed by atoms with E-state index in [1.165, 1.54) is 6.07 Å². The SMILES string of the molecule is O=[N+]([O-])c1cnc(Cl)c(Br)c1.O=[N+]([O-])c1cnc(F)c(Br)c1. The van der Waals surface area contributed by atoms with Gasteiger partial charge in [0.2, 0.25) is 5.95 Å². The molecule has 0 spiro atoms. The average Bonchev–Trinajstić information content (AvgIpc) is 2.45. The molecule has 0 atom stereocenters. The molecule has 116 valence electrons. The van der Waals surface area contributed by atoms with E-state index in [1.807, 2.05) is 0 Å². The highest BCUT2D eigenvalue weighted by Crippen LogP contribution is 2.23. The zero-order chi connectivity index (χ0) is 16.9.